The fraction of sp³-hybridized carbons (Fsp3) is 0.733. The molecule has 0 aromatic carbocycles. The summed E-state index contributed by atoms with van der Waals surface area (Å²) in [6.07, 6.45) is 6.16. The molecule has 1 N–H and O–H groups in total. The highest BCUT2D eigenvalue weighted by molar-refractivity contribution is 5.98. The van der Waals surface area contributed by atoms with Gasteiger partial charge in [0.25, 0.3) is 5.91 Å². The van der Waals surface area contributed by atoms with Crippen LogP contribution in [-0.4, -0.2) is 73.8 Å². The van der Waals surface area contributed by atoms with Crippen molar-refractivity contribution in [3.63, 3.8) is 0 Å². The van der Waals surface area contributed by atoms with Crippen molar-refractivity contribution in [2.45, 2.75) is 110 Å². The molecule has 230 valence electrons. The highest BCUT2D eigenvalue weighted by Gasteiger charge is 2.38. The van der Waals surface area contributed by atoms with E-state index < -0.39 is 42.9 Å². The number of hydrogen-bond donors (Lipinski definition) is 1. The number of rotatable bonds is 12. The number of carbonyl (C=O) groups is 3. The third kappa shape index (κ3) is 9.56. The maximum absolute atomic E-state index is 13.4. The van der Waals surface area contributed by atoms with E-state index in [1.54, 1.807) is 13.8 Å². The van der Waals surface area contributed by atoms with Gasteiger partial charge in [-0.05, 0) is 44.9 Å². The Hall–Kier alpha value is -2.92. The van der Waals surface area contributed by atoms with Crippen LogP contribution >= 0.6 is 0 Å². The number of esters is 2. The van der Waals surface area contributed by atoms with E-state index in [9.17, 15) is 14.4 Å². The molecule has 41 heavy (non-hydrogen) atoms. The summed E-state index contributed by atoms with van der Waals surface area (Å²) in [6.45, 7) is 9.55. The Balaban J connectivity index is 1.74. The van der Waals surface area contributed by atoms with Gasteiger partial charge in [-0.25, -0.2) is 9.78 Å². The molecule has 11 heteroatoms. The summed E-state index contributed by atoms with van der Waals surface area (Å²) in [5.41, 5.74) is -0.105. The monoisotopic (exact) mass is 578 g/mol. The van der Waals surface area contributed by atoms with E-state index in [1.807, 2.05) is 6.92 Å². The molecule has 1 aliphatic heterocycles. The first-order valence-electron chi connectivity index (χ1n) is 14.7. The van der Waals surface area contributed by atoms with E-state index in [1.165, 1.54) is 19.4 Å². The molecule has 1 aliphatic carbocycles. The van der Waals surface area contributed by atoms with Crippen molar-refractivity contribution in [3.8, 4) is 11.5 Å². The number of pyridine rings is 1. The van der Waals surface area contributed by atoms with E-state index in [0.717, 1.165) is 25.7 Å². The topological polar surface area (TPSA) is 132 Å². The molecule has 0 bridgehead atoms. The Morgan fingerprint density at radius 2 is 1.83 bits per heavy atom. The summed E-state index contributed by atoms with van der Waals surface area (Å²) in [5, 5.41) is 2.76. The van der Waals surface area contributed by atoms with Crippen molar-refractivity contribution in [1.29, 1.82) is 0 Å². The van der Waals surface area contributed by atoms with E-state index in [4.69, 9.17) is 28.4 Å². The standard InChI is InChI=1S/C30H46N2O9/c1-18(2)16-37-24-13-9-12-22(30(35)40-20(5)26(24)41-21-10-7-8-11-21)32-28(33)25-27(23(36-6)14-15-31-25)38-17-39-29(34)19(3)4/h14-15,18-22,24,26H,7-13,16-17H2,1-6H3,(H,32,33)/t20-,22-,24-,26-/m0/s1. The molecule has 2 heterocycles. The zero-order valence-electron chi connectivity index (χ0n) is 25.2. The SMILES string of the molecule is COc1ccnc(C(=O)N[C@H]2CCC[C@H](OCC(C)C)[C@@H](OC3CCCC3)[C@H](C)OC2=O)c1OCOC(=O)C(C)C. The van der Waals surface area contributed by atoms with Crippen LogP contribution in [0.2, 0.25) is 0 Å². The third-order valence-corrected chi connectivity index (χ3v) is 7.18. The Bertz CT molecular complexity index is 1010. The molecule has 1 saturated carbocycles. The van der Waals surface area contributed by atoms with Crippen LogP contribution in [0.5, 0.6) is 11.5 Å². The molecule has 4 atom stereocenters. The first kappa shape index (κ1) is 32.6. The van der Waals surface area contributed by atoms with Gasteiger partial charge >= 0.3 is 11.9 Å². The zero-order valence-corrected chi connectivity index (χ0v) is 25.2. The Kier molecular flexibility index (Phi) is 12.6. The number of cyclic esters (lactones) is 1. The quantitative estimate of drug-likeness (QED) is 0.284. The Labute approximate surface area is 242 Å². The number of amides is 1. The molecule has 0 unspecified atom stereocenters. The molecule has 0 spiro atoms. The highest BCUT2D eigenvalue weighted by Crippen LogP contribution is 2.31. The predicted octanol–water partition coefficient (Wildman–Crippen LogP) is 4.21. The van der Waals surface area contributed by atoms with Crippen molar-refractivity contribution in [3.05, 3.63) is 18.0 Å². The van der Waals surface area contributed by atoms with E-state index in [2.05, 4.69) is 24.1 Å². The molecule has 3 rings (SSSR count). The van der Waals surface area contributed by atoms with Gasteiger partial charge in [0, 0.05) is 18.9 Å². The van der Waals surface area contributed by atoms with Gasteiger partial charge < -0.3 is 33.7 Å². The van der Waals surface area contributed by atoms with Gasteiger partial charge in [-0.1, -0.05) is 40.5 Å². The fourth-order valence-electron chi connectivity index (χ4n) is 4.94. The molecule has 1 saturated heterocycles. The van der Waals surface area contributed by atoms with E-state index in [-0.39, 0.29) is 35.3 Å². The number of nitrogens with one attached hydrogen (secondary N) is 1. The lowest BCUT2D eigenvalue weighted by molar-refractivity contribution is -0.175. The maximum atomic E-state index is 13.4. The molecule has 2 aliphatic rings. The zero-order chi connectivity index (χ0) is 29.9. The summed E-state index contributed by atoms with van der Waals surface area (Å²) in [4.78, 5) is 42.7. The number of hydrogen-bond acceptors (Lipinski definition) is 10. The van der Waals surface area contributed by atoms with Gasteiger partial charge in [0.2, 0.25) is 6.79 Å². The van der Waals surface area contributed by atoms with Crippen LogP contribution < -0.4 is 14.8 Å². The minimum absolute atomic E-state index is 0.000958. The van der Waals surface area contributed by atoms with E-state index >= 15 is 0 Å². The molecular weight excluding hydrogens is 532 g/mol. The Morgan fingerprint density at radius 3 is 2.49 bits per heavy atom. The first-order chi connectivity index (χ1) is 19.6. The largest absolute Gasteiger partial charge is 0.493 e. The number of ether oxygens (including phenoxy) is 6. The second kappa shape index (κ2) is 15.9. The maximum Gasteiger partial charge on any atom is 0.329 e. The predicted molar refractivity (Wildman–Crippen MR) is 150 cm³/mol. The minimum atomic E-state index is -0.916. The molecule has 1 amide bonds. The molecular formula is C30H46N2O9. The minimum Gasteiger partial charge on any atom is -0.493 e. The lowest BCUT2D eigenvalue weighted by Gasteiger charge is -2.33. The van der Waals surface area contributed by atoms with Gasteiger partial charge in [-0.2, -0.15) is 0 Å². The van der Waals surface area contributed by atoms with Crippen molar-refractivity contribution >= 4 is 17.8 Å². The van der Waals surface area contributed by atoms with Gasteiger partial charge in [-0.15, -0.1) is 0 Å². The van der Waals surface area contributed by atoms with Gasteiger partial charge in [0.15, 0.2) is 17.2 Å². The van der Waals surface area contributed by atoms with Crippen LogP contribution in [-0.2, 0) is 28.5 Å². The van der Waals surface area contributed by atoms with Crippen molar-refractivity contribution in [1.82, 2.24) is 10.3 Å². The van der Waals surface area contributed by atoms with Gasteiger partial charge in [0.1, 0.15) is 18.2 Å². The second-order valence-electron chi connectivity index (χ2n) is 11.4. The van der Waals surface area contributed by atoms with Crippen LogP contribution in [0.1, 0.15) is 90.1 Å². The fourth-order valence-corrected chi connectivity index (χ4v) is 4.94. The number of methoxy groups -OCH3 is 1. The second-order valence-corrected chi connectivity index (χ2v) is 11.4. The summed E-state index contributed by atoms with van der Waals surface area (Å²) in [6, 6.07) is 0.606. The van der Waals surface area contributed by atoms with Crippen LogP contribution in [0, 0.1) is 11.8 Å². The lowest BCUT2D eigenvalue weighted by atomic mass is 10.0. The number of carbonyl (C=O) groups excluding carboxylic acids is 3. The summed E-state index contributed by atoms with van der Waals surface area (Å²) in [7, 11) is 1.42. The smallest absolute Gasteiger partial charge is 0.329 e. The number of aromatic nitrogens is 1. The number of nitrogens with zero attached hydrogens (tertiary/aromatic N) is 1. The molecule has 1 aromatic rings. The molecule has 0 radical (unpaired) electrons. The summed E-state index contributed by atoms with van der Waals surface area (Å²) in [5.74, 6) is -1.41. The average molecular weight is 579 g/mol. The molecule has 11 nitrogen and oxygen atoms in total. The molecule has 2 fully saturated rings. The summed E-state index contributed by atoms with van der Waals surface area (Å²) >= 11 is 0. The van der Waals surface area contributed by atoms with Crippen LogP contribution in [0.25, 0.3) is 0 Å². The first-order valence-corrected chi connectivity index (χ1v) is 14.7. The van der Waals surface area contributed by atoms with Crippen molar-refractivity contribution < 1.29 is 42.8 Å². The van der Waals surface area contributed by atoms with Crippen molar-refractivity contribution in [2.24, 2.45) is 11.8 Å². The van der Waals surface area contributed by atoms with Crippen LogP contribution in [0.15, 0.2) is 12.3 Å². The lowest BCUT2D eigenvalue weighted by Crippen LogP contribution is -2.46. The normalized spacial score (nSPS) is 23.9. The van der Waals surface area contributed by atoms with Crippen LogP contribution in [0.4, 0.5) is 0 Å². The highest BCUT2D eigenvalue weighted by atomic mass is 16.7. The van der Waals surface area contributed by atoms with Crippen LogP contribution in [0.3, 0.4) is 0 Å². The average Bonchev–Trinajstić information content (AvgIpc) is 3.46. The Morgan fingerprint density at radius 1 is 1.10 bits per heavy atom. The summed E-state index contributed by atoms with van der Waals surface area (Å²) < 4.78 is 34.7. The van der Waals surface area contributed by atoms with Crippen molar-refractivity contribution in [2.75, 3.05) is 20.5 Å². The third-order valence-electron chi connectivity index (χ3n) is 7.18. The van der Waals surface area contributed by atoms with Gasteiger partial charge in [0.05, 0.1) is 25.2 Å². The molecule has 1 aromatic heterocycles. The van der Waals surface area contributed by atoms with Gasteiger partial charge in [-0.3, -0.25) is 9.59 Å². The van der Waals surface area contributed by atoms with E-state index in [0.29, 0.717) is 31.8 Å².